The van der Waals surface area contributed by atoms with Gasteiger partial charge in [0.2, 0.25) is 0 Å². The van der Waals surface area contributed by atoms with Crippen LogP contribution in [0.15, 0.2) is 24.3 Å². The molecule has 1 aromatic rings. The molecular weight excluding hydrogens is 224 g/mol. The van der Waals surface area contributed by atoms with Gasteiger partial charge in [0.25, 0.3) is 0 Å². The van der Waals surface area contributed by atoms with E-state index in [4.69, 9.17) is 10.5 Å². The second kappa shape index (κ2) is 7.39. The van der Waals surface area contributed by atoms with Crippen LogP contribution in [0.3, 0.4) is 0 Å². The number of benzene rings is 1. The van der Waals surface area contributed by atoms with Gasteiger partial charge in [0.1, 0.15) is 5.75 Å². The van der Waals surface area contributed by atoms with Gasteiger partial charge in [-0.05, 0) is 50.4 Å². The van der Waals surface area contributed by atoms with Crippen LogP contribution in [0.2, 0.25) is 0 Å². The van der Waals surface area contributed by atoms with Crippen molar-refractivity contribution in [1.29, 1.82) is 0 Å². The average Bonchev–Trinajstić information content (AvgIpc) is 2.43. The van der Waals surface area contributed by atoms with Gasteiger partial charge in [-0.15, -0.1) is 0 Å². The number of nitrogens with one attached hydrogen (secondary N) is 1. The van der Waals surface area contributed by atoms with Crippen molar-refractivity contribution >= 4 is 0 Å². The zero-order chi connectivity index (χ0) is 13.4. The molecule has 0 heterocycles. The molecule has 3 N–H and O–H groups in total. The molecule has 3 nitrogen and oxygen atoms in total. The van der Waals surface area contributed by atoms with Crippen molar-refractivity contribution in [2.24, 2.45) is 5.73 Å². The van der Waals surface area contributed by atoms with Crippen LogP contribution >= 0.6 is 0 Å². The van der Waals surface area contributed by atoms with E-state index in [1.54, 1.807) is 7.11 Å². The highest BCUT2D eigenvalue weighted by Gasteiger charge is 2.20. The summed E-state index contributed by atoms with van der Waals surface area (Å²) in [5.74, 6) is 0.907. The second-order valence-corrected chi connectivity index (χ2v) is 5.04. The first-order chi connectivity index (χ1) is 8.63. The molecule has 0 saturated heterocycles. The Morgan fingerprint density at radius 1 is 1.28 bits per heavy atom. The number of methoxy groups -OCH3 is 1. The number of ether oxygens (including phenoxy) is 1. The van der Waals surface area contributed by atoms with Crippen LogP contribution in [0.5, 0.6) is 5.75 Å². The lowest BCUT2D eigenvalue weighted by Crippen LogP contribution is -2.49. The minimum atomic E-state index is 0.0376. The summed E-state index contributed by atoms with van der Waals surface area (Å²) < 4.78 is 5.16. The Kier molecular flexibility index (Phi) is 6.16. The molecule has 1 rings (SSSR count). The van der Waals surface area contributed by atoms with Gasteiger partial charge in [0.05, 0.1) is 7.11 Å². The first kappa shape index (κ1) is 15.0. The first-order valence-electron chi connectivity index (χ1n) is 6.71. The van der Waals surface area contributed by atoms with E-state index in [-0.39, 0.29) is 5.54 Å². The molecule has 1 aromatic carbocycles. The molecule has 0 radical (unpaired) electrons. The summed E-state index contributed by atoms with van der Waals surface area (Å²) in [7, 11) is 1.69. The van der Waals surface area contributed by atoms with E-state index >= 15 is 0 Å². The highest BCUT2D eigenvalue weighted by atomic mass is 16.5. The molecule has 0 fully saturated rings. The lowest BCUT2D eigenvalue weighted by Gasteiger charge is -2.29. The number of hydrogen-bond acceptors (Lipinski definition) is 3. The van der Waals surface area contributed by atoms with Gasteiger partial charge in [0.15, 0.2) is 0 Å². The molecule has 102 valence electrons. The van der Waals surface area contributed by atoms with Crippen molar-refractivity contribution in [1.82, 2.24) is 5.32 Å². The smallest absolute Gasteiger partial charge is 0.118 e. The van der Waals surface area contributed by atoms with Crippen molar-refractivity contribution in [2.75, 3.05) is 20.2 Å². The van der Waals surface area contributed by atoms with Gasteiger partial charge in [-0.25, -0.2) is 0 Å². The molecule has 3 heteroatoms. The fourth-order valence-corrected chi connectivity index (χ4v) is 1.90. The van der Waals surface area contributed by atoms with Gasteiger partial charge in [-0.2, -0.15) is 0 Å². The Labute approximate surface area is 111 Å². The topological polar surface area (TPSA) is 47.3 Å². The van der Waals surface area contributed by atoms with Gasteiger partial charge in [-0.3, -0.25) is 0 Å². The van der Waals surface area contributed by atoms with Crippen molar-refractivity contribution in [2.45, 2.75) is 38.6 Å². The van der Waals surface area contributed by atoms with Crippen LogP contribution in [0.4, 0.5) is 0 Å². The molecule has 0 aliphatic rings. The van der Waals surface area contributed by atoms with Crippen molar-refractivity contribution in [3.63, 3.8) is 0 Å². The summed E-state index contributed by atoms with van der Waals surface area (Å²) in [6.07, 6.45) is 3.22. The lowest BCUT2D eigenvalue weighted by molar-refractivity contribution is 0.340. The molecule has 0 spiro atoms. The predicted molar refractivity (Wildman–Crippen MR) is 77.1 cm³/mol. The fraction of sp³-hybridized carbons (Fsp3) is 0.600. The Bertz CT molecular complexity index is 337. The first-order valence-corrected chi connectivity index (χ1v) is 6.71. The van der Waals surface area contributed by atoms with Crippen molar-refractivity contribution in [3.05, 3.63) is 29.8 Å². The standard InChI is InChI=1S/C15H26N2O/c1-4-11-17-15(2,12-16)10-9-13-5-7-14(18-3)8-6-13/h5-8,17H,4,9-12,16H2,1-3H3. The molecule has 18 heavy (non-hydrogen) atoms. The summed E-state index contributed by atoms with van der Waals surface area (Å²) in [4.78, 5) is 0. The zero-order valence-corrected chi connectivity index (χ0v) is 11.8. The maximum absolute atomic E-state index is 5.88. The number of nitrogens with two attached hydrogens (primary N) is 1. The molecule has 0 aromatic heterocycles. The van der Waals surface area contributed by atoms with Gasteiger partial charge >= 0.3 is 0 Å². The van der Waals surface area contributed by atoms with E-state index in [1.807, 2.05) is 12.1 Å². The average molecular weight is 250 g/mol. The van der Waals surface area contributed by atoms with Crippen LogP contribution in [0, 0.1) is 0 Å². The Morgan fingerprint density at radius 3 is 2.44 bits per heavy atom. The van der Waals surface area contributed by atoms with Crippen molar-refractivity contribution < 1.29 is 4.74 Å². The molecule has 0 aliphatic heterocycles. The third kappa shape index (κ3) is 4.67. The summed E-state index contributed by atoms with van der Waals surface area (Å²) in [5, 5.41) is 3.54. The zero-order valence-electron chi connectivity index (χ0n) is 11.8. The minimum absolute atomic E-state index is 0.0376. The molecule has 1 atom stereocenters. The summed E-state index contributed by atoms with van der Waals surface area (Å²) >= 11 is 0. The minimum Gasteiger partial charge on any atom is -0.497 e. The van der Waals surface area contributed by atoms with Crippen LogP contribution in [0.25, 0.3) is 0 Å². The number of aryl methyl sites for hydroxylation is 1. The van der Waals surface area contributed by atoms with E-state index < -0.39 is 0 Å². The Hall–Kier alpha value is -1.06. The van der Waals surface area contributed by atoms with Gasteiger partial charge in [-0.1, -0.05) is 19.1 Å². The highest BCUT2D eigenvalue weighted by molar-refractivity contribution is 5.27. The van der Waals surface area contributed by atoms with Crippen LogP contribution in [-0.4, -0.2) is 25.7 Å². The number of rotatable bonds is 8. The molecule has 0 saturated carbocycles. The molecule has 0 aliphatic carbocycles. The molecular formula is C15H26N2O. The van der Waals surface area contributed by atoms with E-state index in [0.29, 0.717) is 6.54 Å². The second-order valence-electron chi connectivity index (χ2n) is 5.04. The maximum Gasteiger partial charge on any atom is 0.118 e. The Balaban J connectivity index is 2.50. The summed E-state index contributed by atoms with van der Waals surface area (Å²) in [5.41, 5.74) is 7.24. The fourth-order valence-electron chi connectivity index (χ4n) is 1.90. The molecule has 0 bridgehead atoms. The largest absolute Gasteiger partial charge is 0.497 e. The highest BCUT2D eigenvalue weighted by Crippen LogP contribution is 2.16. The number of hydrogen-bond donors (Lipinski definition) is 2. The summed E-state index contributed by atoms with van der Waals surface area (Å²) in [6.45, 7) is 6.07. The van der Waals surface area contributed by atoms with Crippen molar-refractivity contribution in [3.8, 4) is 5.75 Å². The Morgan fingerprint density at radius 2 is 1.94 bits per heavy atom. The summed E-state index contributed by atoms with van der Waals surface area (Å²) in [6, 6.07) is 8.26. The van der Waals surface area contributed by atoms with Crippen LogP contribution in [0.1, 0.15) is 32.3 Å². The normalized spacial score (nSPS) is 14.2. The third-order valence-corrected chi connectivity index (χ3v) is 3.38. The SMILES string of the molecule is CCCNC(C)(CN)CCc1ccc(OC)cc1. The van der Waals surface area contributed by atoms with E-state index in [0.717, 1.165) is 31.6 Å². The van der Waals surface area contributed by atoms with Gasteiger partial charge < -0.3 is 15.8 Å². The quantitative estimate of drug-likeness (QED) is 0.744. The van der Waals surface area contributed by atoms with E-state index in [2.05, 4.69) is 31.3 Å². The monoisotopic (exact) mass is 250 g/mol. The van der Waals surface area contributed by atoms with E-state index in [9.17, 15) is 0 Å². The lowest BCUT2D eigenvalue weighted by atomic mass is 9.93. The van der Waals surface area contributed by atoms with E-state index in [1.165, 1.54) is 5.56 Å². The maximum atomic E-state index is 5.88. The molecule has 1 unspecified atom stereocenters. The third-order valence-electron chi connectivity index (χ3n) is 3.38. The van der Waals surface area contributed by atoms with Crippen LogP contribution in [-0.2, 0) is 6.42 Å². The predicted octanol–water partition coefficient (Wildman–Crippen LogP) is 2.34. The van der Waals surface area contributed by atoms with Gasteiger partial charge in [0, 0.05) is 12.1 Å². The molecule has 0 amide bonds. The van der Waals surface area contributed by atoms with Crippen LogP contribution < -0.4 is 15.8 Å².